The molecule has 1 unspecified atom stereocenters. The van der Waals surface area contributed by atoms with Gasteiger partial charge < -0.3 is 19.9 Å². The number of benzene rings is 1. The summed E-state index contributed by atoms with van der Waals surface area (Å²) in [6.45, 7) is 8.59. The summed E-state index contributed by atoms with van der Waals surface area (Å²) in [6.07, 6.45) is 1.57. The van der Waals surface area contributed by atoms with Gasteiger partial charge in [-0.25, -0.2) is 4.39 Å². The van der Waals surface area contributed by atoms with Gasteiger partial charge in [0.05, 0.1) is 19.3 Å². The van der Waals surface area contributed by atoms with Gasteiger partial charge in [-0.1, -0.05) is 31.1 Å². The predicted molar refractivity (Wildman–Crippen MR) is 133 cm³/mol. The Hall–Kier alpha value is -1.79. The molecule has 0 spiro atoms. The lowest BCUT2D eigenvalue weighted by atomic mass is 10.0. The van der Waals surface area contributed by atoms with Crippen LogP contribution >= 0.6 is 24.0 Å². The molecule has 3 rings (SSSR count). The fourth-order valence-corrected chi connectivity index (χ4v) is 3.50. The van der Waals surface area contributed by atoms with Crippen molar-refractivity contribution in [2.45, 2.75) is 38.6 Å². The molecule has 0 radical (unpaired) electrons. The zero-order valence-corrected chi connectivity index (χ0v) is 21.3. The van der Waals surface area contributed by atoms with Crippen molar-refractivity contribution in [3.63, 3.8) is 0 Å². The van der Waals surface area contributed by atoms with E-state index in [4.69, 9.17) is 9.26 Å². The minimum absolute atomic E-state index is 0. The number of hydrogen-bond donors (Lipinski definition) is 2. The van der Waals surface area contributed by atoms with Gasteiger partial charge in [0.1, 0.15) is 5.82 Å². The Bertz CT molecular complexity index is 824. The van der Waals surface area contributed by atoms with Gasteiger partial charge in [-0.2, -0.15) is 4.98 Å². The van der Waals surface area contributed by atoms with Crippen LogP contribution in [-0.4, -0.2) is 67.4 Å². The lowest BCUT2D eigenvalue weighted by Crippen LogP contribution is -2.46. The maximum absolute atomic E-state index is 13.4. The number of nitrogens with zero attached hydrogens (tertiary/aromatic N) is 4. The van der Waals surface area contributed by atoms with E-state index < -0.39 is 0 Å². The number of nitrogens with one attached hydrogen (secondary N) is 2. The highest BCUT2D eigenvalue weighted by atomic mass is 127. The van der Waals surface area contributed by atoms with Crippen LogP contribution in [0.15, 0.2) is 33.8 Å². The number of morpholine rings is 1. The monoisotopic (exact) mass is 560 g/mol. The summed E-state index contributed by atoms with van der Waals surface area (Å²) in [7, 11) is 1.75. The normalized spacial score (nSPS) is 16.0. The van der Waals surface area contributed by atoms with E-state index in [1.54, 1.807) is 7.05 Å². The fraction of sp³-hybridized carbons (Fsp3) is 0.591. The Morgan fingerprint density at radius 3 is 2.53 bits per heavy atom. The number of ether oxygens (including phenoxy) is 1. The Labute approximate surface area is 206 Å². The van der Waals surface area contributed by atoms with E-state index in [0.29, 0.717) is 25.6 Å². The number of halogens is 2. The molecule has 0 aliphatic carbocycles. The Kier molecular flexibility index (Phi) is 11.3. The number of aromatic nitrogens is 2. The third-order valence-electron chi connectivity index (χ3n) is 5.29. The van der Waals surface area contributed by atoms with E-state index in [0.717, 1.165) is 49.8 Å². The smallest absolute Gasteiger partial charge is 0.226 e. The van der Waals surface area contributed by atoms with Crippen LogP contribution in [0.4, 0.5) is 4.39 Å². The third kappa shape index (κ3) is 7.96. The second-order valence-electron chi connectivity index (χ2n) is 7.90. The minimum atomic E-state index is -0.225. The van der Waals surface area contributed by atoms with Gasteiger partial charge in [-0.05, 0) is 24.1 Å². The fourth-order valence-electron chi connectivity index (χ4n) is 3.50. The van der Waals surface area contributed by atoms with Crippen molar-refractivity contribution < 1.29 is 13.7 Å². The average molecular weight is 560 g/mol. The van der Waals surface area contributed by atoms with Gasteiger partial charge >= 0.3 is 0 Å². The summed E-state index contributed by atoms with van der Waals surface area (Å²) in [5.41, 5.74) is 1.07. The Morgan fingerprint density at radius 2 is 1.91 bits per heavy atom. The van der Waals surface area contributed by atoms with Crippen molar-refractivity contribution in [3.05, 3.63) is 47.4 Å². The molecule has 2 aromatic rings. The van der Waals surface area contributed by atoms with Crippen molar-refractivity contribution >= 4 is 29.9 Å². The first kappa shape index (κ1) is 26.5. The van der Waals surface area contributed by atoms with Crippen molar-refractivity contribution in [2.75, 3.05) is 46.4 Å². The first-order valence-corrected chi connectivity index (χ1v) is 10.9. The van der Waals surface area contributed by atoms with Crippen LogP contribution in [0.1, 0.15) is 49.5 Å². The molecule has 10 heteroatoms. The molecule has 1 fully saturated rings. The summed E-state index contributed by atoms with van der Waals surface area (Å²) in [5, 5.41) is 10.7. The Morgan fingerprint density at radius 1 is 1.19 bits per heavy atom. The summed E-state index contributed by atoms with van der Waals surface area (Å²) >= 11 is 0. The molecule has 2 N–H and O–H groups in total. The van der Waals surface area contributed by atoms with Crippen molar-refractivity contribution in [1.82, 2.24) is 25.7 Å². The minimum Gasteiger partial charge on any atom is -0.379 e. The average Bonchev–Trinajstić information content (AvgIpc) is 3.26. The van der Waals surface area contributed by atoms with Crippen LogP contribution in [0.2, 0.25) is 0 Å². The number of rotatable bonds is 9. The number of hydrogen-bond acceptors (Lipinski definition) is 6. The van der Waals surface area contributed by atoms with Crippen LogP contribution < -0.4 is 10.6 Å². The maximum Gasteiger partial charge on any atom is 0.226 e. The van der Waals surface area contributed by atoms with Crippen molar-refractivity contribution in [3.8, 4) is 0 Å². The summed E-state index contributed by atoms with van der Waals surface area (Å²) in [6, 6.07) is 6.83. The van der Waals surface area contributed by atoms with Gasteiger partial charge in [0.15, 0.2) is 11.8 Å². The topological polar surface area (TPSA) is 87.8 Å². The molecule has 32 heavy (non-hydrogen) atoms. The van der Waals surface area contributed by atoms with Crippen LogP contribution in [0.3, 0.4) is 0 Å². The summed E-state index contributed by atoms with van der Waals surface area (Å²) < 4.78 is 24.2. The molecule has 178 valence electrons. The van der Waals surface area contributed by atoms with Gasteiger partial charge in [-0.3, -0.25) is 9.89 Å². The quantitative estimate of drug-likeness (QED) is 0.211. The first-order chi connectivity index (χ1) is 15.1. The molecule has 1 aliphatic rings. The van der Waals surface area contributed by atoms with E-state index in [1.165, 1.54) is 12.1 Å². The number of guanidine groups is 1. The van der Waals surface area contributed by atoms with Crippen LogP contribution in [-0.2, 0) is 11.2 Å². The summed E-state index contributed by atoms with van der Waals surface area (Å²) in [5.74, 6) is 2.18. The molecular weight excluding hydrogens is 526 g/mol. The second-order valence-corrected chi connectivity index (χ2v) is 7.90. The molecule has 1 aromatic heterocycles. The van der Waals surface area contributed by atoms with Gasteiger partial charge in [-0.15, -0.1) is 24.0 Å². The highest BCUT2D eigenvalue weighted by Crippen LogP contribution is 2.21. The van der Waals surface area contributed by atoms with Gasteiger partial charge in [0.2, 0.25) is 5.89 Å². The molecule has 0 amide bonds. The SMILES string of the molecule is CN=C(NCCCc1nc(C(C)C)no1)NCC(c1ccc(F)cc1)N1CCOCC1.I. The Balaban J connectivity index is 0.00000363. The molecule has 1 saturated heterocycles. The first-order valence-electron chi connectivity index (χ1n) is 10.9. The molecule has 1 aliphatic heterocycles. The maximum atomic E-state index is 13.4. The molecule has 1 atom stereocenters. The van der Waals surface area contributed by atoms with E-state index in [1.807, 2.05) is 26.0 Å². The number of aryl methyl sites for hydroxylation is 1. The molecule has 8 nitrogen and oxygen atoms in total. The van der Waals surface area contributed by atoms with E-state index in [9.17, 15) is 4.39 Å². The lowest BCUT2D eigenvalue weighted by Gasteiger charge is -2.35. The molecule has 0 bridgehead atoms. The standard InChI is InChI=1S/C22H33FN6O2.HI/c1-16(2)21-27-20(31-28-21)5-4-10-25-22(24-3)26-15-19(29-11-13-30-14-12-29)17-6-8-18(23)9-7-17;/h6-9,16,19H,4-5,10-15H2,1-3H3,(H2,24,25,26);1H. The highest BCUT2D eigenvalue weighted by molar-refractivity contribution is 14.0. The molecule has 0 saturated carbocycles. The van der Waals surface area contributed by atoms with E-state index in [2.05, 4.69) is 30.7 Å². The number of aliphatic imine (C=N–C) groups is 1. The summed E-state index contributed by atoms with van der Waals surface area (Å²) in [4.78, 5) is 11.1. The van der Waals surface area contributed by atoms with Crippen LogP contribution in [0, 0.1) is 5.82 Å². The molecular formula is C22H34FIN6O2. The zero-order valence-electron chi connectivity index (χ0n) is 19.0. The molecule has 2 heterocycles. The lowest BCUT2D eigenvalue weighted by molar-refractivity contribution is 0.0170. The molecule has 1 aromatic carbocycles. The second kappa shape index (κ2) is 13.7. The van der Waals surface area contributed by atoms with Gasteiger partial charge in [0.25, 0.3) is 0 Å². The zero-order chi connectivity index (χ0) is 22.1. The van der Waals surface area contributed by atoms with Crippen LogP contribution in [0.5, 0.6) is 0 Å². The van der Waals surface area contributed by atoms with E-state index in [-0.39, 0.29) is 41.8 Å². The third-order valence-corrected chi connectivity index (χ3v) is 5.29. The highest BCUT2D eigenvalue weighted by Gasteiger charge is 2.23. The predicted octanol–water partition coefficient (Wildman–Crippen LogP) is 3.12. The van der Waals surface area contributed by atoms with Crippen molar-refractivity contribution in [2.24, 2.45) is 4.99 Å². The largest absolute Gasteiger partial charge is 0.379 e. The van der Waals surface area contributed by atoms with Crippen molar-refractivity contribution in [1.29, 1.82) is 0 Å². The van der Waals surface area contributed by atoms with Gasteiger partial charge in [0, 0.05) is 45.6 Å². The van der Waals surface area contributed by atoms with E-state index >= 15 is 0 Å². The van der Waals surface area contributed by atoms with Crippen LogP contribution in [0.25, 0.3) is 0 Å².